The van der Waals surface area contributed by atoms with E-state index >= 15 is 0 Å². The molecule has 0 aliphatic carbocycles. The zero-order valence-electron chi connectivity index (χ0n) is 42.6. The first-order valence-electron chi connectivity index (χ1n) is 24.0. The lowest BCUT2D eigenvalue weighted by molar-refractivity contribution is 0.0165. The number of carbonyl (C=O) groups is 4. The van der Waals surface area contributed by atoms with E-state index in [4.69, 9.17) is 14.2 Å². The van der Waals surface area contributed by atoms with E-state index in [0.29, 0.717) is 48.0 Å². The Hall–Kier alpha value is -7.25. The van der Waals surface area contributed by atoms with Gasteiger partial charge in [-0.1, -0.05) is 12.1 Å². The van der Waals surface area contributed by atoms with Gasteiger partial charge in [-0.2, -0.15) is 8.75 Å². The summed E-state index contributed by atoms with van der Waals surface area (Å²) in [6.45, 7) is 14.1. The third kappa shape index (κ3) is 17.4. The highest BCUT2D eigenvalue weighted by Gasteiger charge is 2.29. The van der Waals surface area contributed by atoms with E-state index in [9.17, 15) is 49.9 Å². The summed E-state index contributed by atoms with van der Waals surface area (Å²) in [5.74, 6) is -6.64. The van der Waals surface area contributed by atoms with Gasteiger partial charge in [0.25, 0.3) is 11.8 Å². The van der Waals surface area contributed by atoms with Gasteiger partial charge in [-0.05, 0) is 141 Å². The zero-order valence-corrected chi connectivity index (χ0v) is 44.3. The average Bonchev–Trinajstić information content (AvgIpc) is 4.01. The Kier molecular flexibility index (Phi) is 20.4. The summed E-state index contributed by atoms with van der Waals surface area (Å²) in [7, 11) is 0. The number of amides is 3. The standard InChI is InChI=1S/C26H27F3N4O4S.C21H19F3N4O2S.C5H9FO2/c1-26(2,3)37-25(35)33-11-9-15(10-12-33)14-36-24-20(13-30-38-24)32-23(34)19-8-7-18(29)22(31-19)21-16(27)5-4-6-17(21)28;22-13-2-1-3-14(23)18(13)19-15(24)4-5-16(27-19)20(29)28-17-10-26-31-21(17)30-11-12-6-8-25-9-7-12;1-5(2,3)8-4(6)7/h4-8,13,15H,9-12,14H2,1-3H3,(H,32,34);1-5,10,12,25H,6-9,11H2,(H,28,29);1-3H3. The van der Waals surface area contributed by atoms with Gasteiger partial charge in [0.1, 0.15) is 80.3 Å². The quantitative estimate of drug-likeness (QED) is 0.0774. The molecule has 2 aliphatic heterocycles. The predicted molar refractivity (Wildman–Crippen MR) is 274 cm³/mol. The number of halogens is 7. The Bertz CT molecular complexity index is 2970. The van der Waals surface area contributed by atoms with Crippen LogP contribution in [0.25, 0.3) is 22.5 Å². The summed E-state index contributed by atoms with van der Waals surface area (Å²) in [6.07, 6.45) is 4.27. The molecule has 6 aromatic rings. The van der Waals surface area contributed by atoms with Crippen LogP contribution in [0.15, 0.2) is 73.1 Å². The van der Waals surface area contributed by atoms with Crippen molar-refractivity contribution in [1.82, 2.24) is 28.9 Å². The predicted octanol–water partition coefficient (Wildman–Crippen LogP) is 12.0. The molecule has 8 rings (SSSR count). The monoisotopic (exact) mass is 1120 g/mol. The second-order valence-electron chi connectivity index (χ2n) is 19.4. The number of pyridine rings is 2. The topological polar surface area (TPSA) is 196 Å². The van der Waals surface area contributed by atoms with E-state index in [-0.39, 0.29) is 29.1 Å². The number of nitrogens with one attached hydrogen (secondary N) is 3. The van der Waals surface area contributed by atoms with Crippen LogP contribution in [0.5, 0.6) is 10.1 Å². The van der Waals surface area contributed by atoms with Gasteiger partial charge in [0.05, 0.1) is 36.7 Å². The van der Waals surface area contributed by atoms with Crippen LogP contribution in [0.4, 0.5) is 51.7 Å². The summed E-state index contributed by atoms with van der Waals surface area (Å²) in [6, 6.07) is 10.4. The minimum atomic E-state index is -1.72. The number of likely N-dealkylation sites (tertiary alicyclic amines) is 1. The van der Waals surface area contributed by atoms with E-state index in [2.05, 4.69) is 39.4 Å². The van der Waals surface area contributed by atoms with Crippen molar-refractivity contribution < 1.29 is 68.9 Å². The van der Waals surface area contributed by atoms with Crippen molar-refractivity contribution in [3.63, 3.8) is 0 Å². The molecule has 3 amide bonds. The number of piperidine rings is 2. The second-order valence-corrected chi connectivity index (χ2v) is 20.9. The lowest BCUT2D eigenvalue weighted by atomic mass is 9.98. The molecule has 0 radical (unpaired) electrons. The minimum Gasteiger partial charge on any atom is -0.481 e. The zero-order chi connectivity index (χ0) is 56.0. The number of aromatic nitrogens is 4. The highest BCUT2D eigenvalue weighted by atomic mass is 32.1. The lowest BCUT2D eigenvalue weighted by Gasteiger charge is -2.33. The molecule has 16 nitrogen and oxygen atoms in total. The maximum Gasteiger partial charge on any atom is 0.495 e. The minimum absolute atomic E-state index is 0.191. The third-order valence-electron chi connectivity index (χ3n) is 11.1. The van der Waals surface area contributed by atoms with Gasteiger partial charge in [0.15, 0.2) is 0 Å². The van der Waals surface area contributed by atoms with Crippen LogP contribution in [0.2, 0.25) is 0 Å². The molecule has 2 aliphatic rings. The Morgan fingerprint density at radius 2 is 1.00 bits per heavy atom. The molecule has 0 spiro atoms. The van der Waals surface area contributed by atoms with Gasteiger partial charge in [-0.15, -0.1) is 4.39 Å². The first-order chi connectivity index (χ1) is 36.5. The molecule has 0 atom stereocenters. The molecule has 2 fully saturated rings. The molecule has 3 N–H and O–H groups in total. The summed E-state index contributed by atoms with van der Waals surface area (Å²) >= 11 is 2.14. The average molecular weight is 1120 g/mol. The summed E-state index contributed by atoms with van der Waals surface area (Å²) < 4.78 is 126. The van der Waals surface area contributed by atoms with Crippen molar-refractivity contribution >= 4 is 58.6 Å². The molecule has 2 aromatic carbocycles. The summed E-state index contributed by atoms with van der Waals surface area (Å²) in [5.41, 5.74) is -3.51. The number of anilines is 2. The molecule has 0 saturated carbocycles. The van der Waals surface area contributed by atoms with Crippen molar-refractivity contribution in [3.05, 3.63) is 119 Å². The summed E-state index contributed by atoms with van der Waals surface area (Å²) in [5, 5.41) is 9.34. The lowest BCUT2D eigenvalue weighted by Crippen LogP contribution is -2.42. The number of benzene rings is 2. The van der Waals surface area contributed by atoms with E-state index in [0.717, 1.165) is 123 Å². The maximum atomic E-state index is 14.4. The van der Waals surface area contributed by atoms with E-state index in [1.54, 1.807) is 25.7 Å². The van der Waals surface area contributed by atoms with Crippen molar-refractivity contribution in [3.8, 4) is 32.6 Å². The Morgan fingerprint density at radius 1 is 0.597 bits per heavy atom. The van der Waals surface area contributed by atoms with Crippen molar-refractivity contribution in [2.45, 2.75) is 78.4 Å². The third-order valence-corrected chi connectivity index (χ3v) is 12.6. The van der Waals surface area contributed by atoms with Crippen molar-refractivity contribution in [2.75, 3.05) is 50.0 Å². The number of nitrogens with zero attached hydrogens (tertiary/aromatic N) is 5. The Balaban J connectivity index is 0.000000222. The first kappa shape index (κ1) is 59.0. The normalized spacial score (nSPS) is 14.0. The molecular weight excluding hydrogens is 1060 g/mol. The fourth-order valence-electron chi connectivity index (χ4n) is 7.43. The largest absolute Gasteiger partial charge is 0.495 e. The van der Waals surface area contributed by atoms with Gasteiger partial charge in [-0.3, -0.25) is 9.59 Å². The van der Waals surface area contributed by atoms with Crippen molar-refractivity contribution in [2.24, 2.45) is 11.8 Å². The molecule has 6 heterocycles. The number of ether oxygens (including phenoxy) is 4. The molecule has 77 heavy (non-hydrogen) atoms. The van der Waals surface area contributed by atoms with Crippen LogP contribution in [-0.2, 0) is 9.47 Å². The fourth-order valence-corrected chi connectivity index (χ4v) is 8.58. The highest BCUT2D eigenvalue weighted by Crippen LogP contribution is 2.34. The molecule has 25 heteroatoms. The molecule has 0 unspecified atom stereocenters. The van der Waals surface area contributed by atoms with E-state index < -0.39 is 86.7 Å². The molecule has 2 saturated heterocycles. The first-order valence-corrected chi connectivity index (χ1v) is 25.6. The second kappa shape index (κ2) is 26.7. The number of rotatable bonds is 12. The number of hydrogen-bond donors (Lipinski definition) is 3. The van der Waals surface area contributed by atoms with Crippen LogP contribution in [0.1, 0.15) is 88.2 Å². The SMILES string of the molecule is CC(C)(C)OC(=O)F.CC(C)(C)OC(=O)N1CCC(COc2sncc2NC(=O)c2ccc(F)c(-c3c(F)cccc3F)n2)CC1.O=C(Nc1cnsc1OCC1CCNCC1)c1ccc(F)c(-c2c(F)cccc2F)n1. The Labute approximate surface area is 447 Å². The van der Waals surface area contributed by atoms with Crippen LogP contribution in [-0.4, -0.2) is 98.3 Å². The summed E-state index contributed by atoms with van der Waals surface area (Å²) in [4.78, 5) is 56.7. The van der Waals surface area contributed by atoms with Crippen LogP contribution >= 0.6 is 23.1 Å². The smallest absolute Gasteiger partial charge is 0.481 e. The van der Waals surface area contributed by atoms with Gasteiger partial charge in [0, 0.05) is 36.2 Å². The van der Waals surface area contributed by atoms with Crippen LogP contribution in [0, 0.1) is 46.7 Å². The van der Waals surface area contributed by atoms with E-state index in [1.165, 1.54) is 12.4 Å². The molecule has 4 aromatic heterocycles. The Morgan fingerprint density at radius 3 is 1.38 bits per heavy atom. The molecule has 412 valence electrons. The molecule has 0 bridgehead atoms. The van der Waals surface area contributed by atoms with Crippen LogP contribution < -0.4 is 25.4 Å². The van der Waals surface area contributed by atoms with Crippen molar-refractivity contribution in [1.29, 1.82) is 0 Å². The van der Waals surface area contributed by atoms with Gasteiger partial charge in [0.2, 0.25) is 10.1 Å². The van der Waals surface area contributed by atoms with Gasteiger partial charge < -0.3 is 39.8 Å². The number of hydrogen-bond acceptors (Lipinski definition) is 15. The van der Waals surface area contributed by atoms with Gasteiger partial charge in [-0.25, -0.2) is 45.9 Å². The highest BCUT2D eigenvalue weighted by molar-refractivity contribution is 7.08. The number of carbonyl (C=O) groups excluding carboxylic acids is 4. The maximum absolute atomic E-state index is 14.4. The van der Waals surface area contributed by atoms with E-state index in [1.807, 2.05) is 20.8 Å². The van der Waals surface area contributed by atoms with Gasteiger partial charge >= 0.3 is 12.3 Å². The van der Waals surface area contributed by atoms with Crippen LogP contribution in [0.3, 0.4) is 0 Å². The molecular formula is C52H55F7N8O8S2. The fraction of sp³-hybridized carbons (Fsp3) is 0.385.